The van der Waals surface area contributed by atoms with Crippen molar-refractivity contribution < 1.29 is 4.74 Å². The summed E-state index contributed by atoms with van der Waals surface area (Å²) in [5.74, 6) is 0. The smallest absolute Gasteiger partial charge is 0.0478 e. The van der Waals surface area contributed by atoms with Gasteiger partial charge < -0.3 is 19.4 Å². The van der Waals surface area contributed by atoms with E-state index in [2.05, 4.69) is 35.7 Å². The van der Waals surface area contributed by atoms with Crippen LogP contribution in [0, 0.1) is 0 Å². The Bertz CT molecular complexity index is 191. The second kappa shape index (κ2) is 9.73. The summed E-state index contributed by atoms with van der Waals surface area (Å²) >= 11 is 0. The van der Waals surface area contributed by atoms with Crippen LogP contribution in [0.2, 0.25) is 0 Å². The van der Waals surface area contributed by atoms with Gasteiger partial charge in [-0.05, 0) is 47.0 Å². The average Bonchev–Trinajstić information content (AvgIpc) is 2.36. The Kier molecular flexibility index (Phi) is 8.59. The fourth-order valence-electron chi connectivity index (χ4n) is 2.38. The molecule has 0 aromatic carbocycles. The average molecular weight is 257 g/mol. The van der Waals surface area contributed by atoms with Crippen LogP contribution >= 0.6 is 0 Å². The number of nitrogens with zero attached hydrogens (tertiary/aromatic N) is 3. The molecule has 0 radical (unpaired) electrons. The molecule has 18 heavy (non-hydrogen) atoms. The van der Waals surface area contributed by atoms with Crippen LogP contribution in [0.5, 0.6) is 0 Å². The van der Waals surface area contributed by atoms with E-state index in [1.807, 2.05) is 0 Å². The molecular formula is C14H31N3O. The Balaban J connectivity index is 1.98. The Hall–Kier alpha value is -0.160. The lowest BCUT2D eigenvalue weighted by atomic mass is 10.2. The van der Waals surface area contributed by atoms with Crippen LogP contribution in [0.4, 0.5) is 0 Å². The van der Waals surface area contributed by atoms with Gasteiger partial charge in [0.1, 0.15) is 0 Å². The molecule has 1 heterocycles. The molecule has 1 aliphatic rings. The number of rotatable bonds is 9. The van der Waals surface area contributed by atoms with Crippen LogP contribution in [0.3, 0.4) is 0 Å². The molecule has 0 bridgehead atoms. The van der Waals surface area contributed by atoms with E-state index in [4.69, 9.17) is 4.74 Å². The third kappa shape index (κ3) is 7.31. The first kappa shape index (κ1) is 15.9. The van der Waals surface area contributed by atoms with Crippen LogP contribution in [0.15, 0.2) is 0 Å². The molecule has 0 aromatic rings. The van der Waals surface area contributed by atoms with E-state index in [-0.39, 0.29) is 0 Å². The van der Waals surface area contributed by atoms with E-state index in [0.717, 1.165) is 13.2 Å². The van der Waals surface area contributed by atoms with Crippen LogP contribution in [-0.4, -0.2) is 87.8 Å². The lowest BCUT2D eigenvalue weighted by molar-refractivity contribution is 0.103. The number of ether oxygens (including phenoxy) is 1. The maximum Gasteiger partial charge on any atom is 0.0478 e. The monoisotopic (exact) mass is 257 g/mol. The van der Waals surface area contributed by atoms with Crippen molar-refractivity contribution in [2.75, 3.05) is 73.1 Å². The SMILES string of the molecule is CCOCCCN1CCN(CCCN(C)C)CC1. The molecule has 0 spiro atoms. The van der Waals surface area contributed by atoms with E-state index >= 15 is 0 Å². The van der Waals surface area contributed by atoms with Crippen molar-refractivity contribution in [3.8, 4) is 0 Å². The molecule has 0 aromatic heterocycles. The normalized spacial score (nSPS) is 18.7. The van der Waals surface area contributed by atoms with Crippen molar-refractivity contribution in [2.24, 2.45) is 0 Å². The molecule has 0 atom stereocenters. The predicted octanol–water partition coefficient (Wildman–Crippen LogP) is 0.982. The van der Waals surface area contributed by atoms with Gasteiger partial charge >= 0.3 is 0 Å². The van der Waals surface area contributed by atoms with E-state index in [9.17, 15) is 0 Å². The van der Waals surface area contributed by atoms with Crippen LogP contribution in [-0.2, 0) is 4.74 Å². The quantitative estimate of drug-likeness (QED) is 0.573. The molecular weight excluding hydrogens is 226 g/mol. The zero-order valence-electron chi connectivity index (χ0n) is 12.5. The highest BCUT2D eigenvalue weighted by Gasteiger charge is 2.15. The van der Waals surface area contributed by atoms with Gasteiger partial charge in [-0.25, -0.2) is 0 Å². The first-order chi connectivity index (χ1) is 8.72. The Morgan fingerprint density at radius 1 is 0.944 bits per heavy atom. The summed E-state index contributed by atoms with van der Waals surface area (Å²) in [6.07, 6.45) is 2.46. The summed E-state index contributed by atoms with van der Waals surface area (Å²) in [5.41, 5.74) is 0. The minimum atomic E-state index is 0.847. The molecule has 4 heteroatoms. The highest BCUT2D eigenvalue weighted by atomic mass is 16.5. The standard InChI is InChI=1S/C14H31N3O/c1-4-18-14-6-9-17-12-10-16(11-13-17)8-5-7-15(2)3/h4-14H2,1-3H3. The summed E-state index contributed by atoms with van der Waals surface area (Å²) in [4.78, 5) is 7.44. The largest absolute Gasteiger partial charge is 0.382 e. The molecule has 0 saturated carbocycles. The van der Waals surface area contributed by atoms with Crippen molar-refractivity contribution in [2.45, 2.75) is 19.8 Å². The summed E-state index contributed by atoms with van der Waals surface area (Å²) in [7, 11) is 4.30. The van der Waals surface area contributed by atoms with Crippen molar-refractivity contribution in [1.82, 2.24) is 14.7 Å². The van der Waals surface area contributed by atoms with Gasteiger partial charge in [0.15, 0.2) is 0 Å². The van der Waals surface area contributed by atoms with E-state index in [1.54, 1.807) is 0 Å². The van der Waals surface area contributed by atoms with Gasteiger partial charge in [0.05, 0.1) is 0 Å². The third-order valence-electron chi connectivity index (χ3n) is 3.51. The zero-order chi connectivity index (χ0) is 13.2. The van der Waals surface area contributed by atoms with Crippen LogP contribution in [0.25, 0.3) is 0 Å². The van der Waals surface area contributed by atoms with Gasteiger partial charge in [0, 0.05) is 45.9 Å². The fourth-order valence-corrected chi connectivity index (χ4v) is 2.38. The van der Waals surface area contributed by atoms with Gasteiger partial charge in [0.2, 0.25) is 0 Å². The van der Waals surface area contributed by atoms with Gasteiger partial charge in [-0.15, -0.1) is 0 Å². The molecule has 0 aliphatic carbocycles. The Labute approximate surface area is 113 Å². The zero-order valence-corrected chi connectivity index (χ0v) is 12.5. The molecule has 1 rings (SSSR count). The predicted molar refractivity (Wildman–Crippen MR) is 77.2 cm³/mol. The molecule has 0 N–H and O–H groups in total. The lowest BCUT2D eigenvalue weighted by Crippen LogP contribution is -2.47. The van der Waals surface area contributed by atoms with Crippen molar-refractivity contribution in [3.63, 3.8) is 0 Å². The van der Waals surface area contributed by atoms with Gasteiger partial charge in [-0.3, -0.25) is 0 Å². The molecule has 1 aliphatic heterocycles. The second-order valence-corrected chi connectivity index (χ2v) is 5.39. The Morgan fingerprint density at radius 3 is 2.00 bits per heavy atom. The second-order valence-electron chi connectivity index (χ2n) is 5.39. The highest BCUT2D eigenvalue weighted by Crippen LogP contribution is 2.03. The van der Waals surface area contributed by atoms with E-state index in [0.29, 0.717) is 0 Å². The van der Waals surface area contributed by atoms with Gasteiger partial charge in [0.25, 0.3) is 0 Å². The van der Waals surface area contributed by atoms with Crippen molar-refractivity contribution in [1.29, 1.82) is 0 Å². The maximum atomic E-state index is 5.38. The fraction of sp³-hybridized carbons (Fsp3) is 1.00. The first-order valence-corrected chi connectivity index (χ1v) is 7.39. The van der Waals surface area contributed by atoms with Gasteiger partial charge in [-0.2, -0.15) is 0 Å². The lowest BCUT2D eigenvalue weighted by Gasteiger charge is -2.34. The Morgan fingerprint density at radius 2 is 1.50 bits per heavy atom. The summed E-state index contributed by atoms with van der Waals surface area (Å²) in [6.45, 7) is 12.4. The highest BCUT2D eigenvalue weighted by molar-refractivity contribution is 4.71. The summed E-state index contributed by atoms with van der Waals surface area (Å²) in [5, 5.41) is 0. The van der Waals surface area contributed by atoms with E-state index < -0.39 is 0 Å². The number of piperazine rings is 1. The topological polar surface area (TPSA) is 19.0 Å². The van der Waals surface area contributed by atoms with Crippen LogP contribution < -0.4 is 0 Å². The van der Waals surface area contributed by atoms with Crippen molar-refractivity contribution in [3.05, 3.63) is 0 Å². The molecule has 0 amide bonds. The van der Waals surface area contributed by atoms with E-state index in [1.165, 1.54) is 58.7 Å². The molecule has 1 fully saturated rings. The first-order valence-electron chi connectivity index (χ1n) is 7.39. The third-order valence-corrected chi connectivity index (χ3v) is 3.51. The molecule has 108 valence electrons. The van der Waals surface area contributed by atoms with Crippen molar-refractivity contribution >= 4 is 0 Å². The number of hydrogen-bond donors (Lipinski definition) is 0. The summed E-state index contributed by atoms with van der Waals surface area (Å²) < 4.78 is 5.38. The van der Waals surface area contributed by atoms with Crippen LogP contribution in [0.1, 0.15) is 19.8 Å². The van der Waals surface area contributed by atoms with Gasteiger partial charge in [-0.1, -0.05) is 0 Å². The molecule has 4 nitrogen and oxygen atoms in total. The summed E-state index contributed by atoms with van der Waals surface area (Å²) in [6, 6.07) is 0. The number of hydrogen-bond acceptors (Lipinski definition) is 4. The minimum absolute atomic E-state index is 0.847. The maximum absolute atomic E-state index is 5.38. The molecule has 1 saturated heterocycles. The molecule has 0 unspecified atom stereocenters. The minimum Gasteiger partial charge on any atom is -0.382 e.